The van der Waals surface area contributed by atoms with Crippen molar-refractivity contribution in [2.45, 2.75) is 57.7 Å². The highest BCUT2D eigenvalue weighted by atomic mass is 16.5. The van der Waals surface area contributed by atoms with E-state index in [4.69, 9.17) is 4.74 Å². The van der Waals surface area contributed by atoms with Gasteiger partial charge in [0.25, 0.3) is 5.91 Å². The SMILES string of the molecule is CO[C@H](C)C(=O)N(C1CCCC1)[C@H](C)c1ccccc1. The highest BCUT2D eigenvalue weighted by Gasteiger charge is 2.33. The van der Waals surface area contributed by atoms with Gasteiger partial charge in [0.15, 0.2) is 0 Å². The summed E-state index contributed by atoms with van der Waals surface area (Å²) in [7, 11) is 1.60. The summed E-state index contributed by atoms with van der Waals surface area (Å²) in [6, 6.07) is 10.7. The summed E-state index contributed by atoms with van der Waals surface area (Å²) in [4.78, 5) is 14.7. The number of ether oxygens (including phenoxy) is 1. The maximum absolute atomic E-state index is 12.7. The maximum Gasteiger partial charge on any atom is 0.252 e. The van der Waals surface area contributed by atoms with Crippen LogP contribution in [-0.2, 0) is 9.53 Å². The largest absolute Gasteiger partial charge is 0.372 e. The summed E-state index contributed by atoms with van der Waals surface area (Å²) in [6.45, 7) is 3.95. The number of methoxy groups -OCH3 is 1. The van der Waals surface area contributed by atoms with Crippen molar-refractivity contribution in [3.8, 4) is 0 Å². The fourth-order valence-corrected chi connectivity index (χ4v) is 3.07. The second-order valence-corrected chi connectivity index (χ2v) is 5.65. The topological polar surface area (TPSA) is 29.5 Å². The smallest absolute Gasteiger partial charge is 0.252 e. The van der Waals surface area contributed by atoms with Crippen molar-refractivity contribution in [3.63, 3.8) is 0 Å². The van der Waals surface area contributed by atoms with Crippen LogP contribution in [-0.4, -0.2) is 30.1 Å². The van der Waals surface area contributed by atoms with Crippen molar-refractivity contribution in [1.82, 2.24) is 4.90 Å². The van der Waals surface area contributed by atoms with Gasteiger partial charge in [-0.3, -0.25) is 4.79 Å². The van der Waals surface area contributed by atoms with Crippen LogP contribution in [0, 0.1) is 0 Å². The van der Waals surface area contributed by atoms with Crippen LogP contribution in [0.15, 0.2) is 30.3 Å². The van der Waals surface area contributed by atoms with Crippen LogP contribution < -0.4 is 0 Å². The summed E-state index contributed by atoms with van der Waals surface area (Å²) in [6.07, 6.45) is 4.29. The van der Waals surface area contributed by atoms with Crippen LogP contribution >= 0.6 is 0 Å². The number of hydrogen-bond acceptors (Lipinski definition) is 2. The van der Waals surface area contributed by atoms with E-state index in [0.717, 1.165) is 12.8 Å². The highest BCUT2D eigenvalue weighted by molar-refractivity contribution is 5.81. The zero-order valence-electron chi connectivity index (χ0n) is 12.7. The first kappa shape index (κ1) is 15.0. The number of carbonyl (C=O) groups is 1. The second-order valence-electron chi connectivity index (χ2n) is 5.65. The minimum Gasteiger partial charge on any atom is -0.372 e. The van der Waals surface area contributed by atoms with E-state index in [0.29, 0.717) is 6.04 Å². The number of rotatable bonds is 5. The number of hydrogen-bond donors (Lipinski definition) is 0. The Hall–Kier alpha value is -1.35. The standard InChI is InChI=1S/C17H25NO2/c1-13(15-9-5-4-6-10-15)18(16-11-7-8-12-16)17(19)14(2)20-3/h4-6,9-10,13-14,16H,7-8,11-12H2,1-3H3/t13-,14-/m1/s1. The Morgan fingerprint density at radius 3 is 2.35 bits per heavy atom. The molecule has 110 valence electrons. The molecule has 0 N–H and O–H groups in total. The lowest BCUT2D eigenvalue weighted by molar-refractivity contribution is -0.146. The van der Waals surface area contributed by atoms with E-state index >= 15 is 0 Å². The average Bonchev–Trinajstić information content (AvgIpc) is 3.01. The van der Waals surface area contributed by atoms with Gasteiger partial charge in [-0.2, -0.15) is 0 Å². The van der Waals surface area contributed by atoms with E-state index in [-0.39, 0.29) is 18.1 Å². The Morgan fingerprint density at radius 1 is 1.20 bits per heavy atom. The first-order valence-electron chi connectivity index (χ1n) is 7.55. The van der Waals surface area contributed by atoms with E-state index in [1.165, 1.54) is 18.4 Å². The summed E-state index contributed by atoms with van der Waals surface area (Å²) in [5.41, 5.74) is 1.19. The zero-order chi connectivity index (χ0) is 14.5. The molecule has 0 aliphatic heterocycles. The van der Waals surface area contributed by atoms with Crippen molar-refractivity contribution >= 4 is 5.91 Å². The van der Waals surface area contributed by atoms with Crippen LogP contribution in [0.25, 0.3) is 0 Å². The molecule has 2 rings (SSSR count). The van der Waals surface area contributed by atoms with Gasteiger partial charge in [0.05, 0.1) is 6.04 Å². The monoisotopic (exact) mass is 275 g/mol. The molecule has 0 bridgehead atoms. The maximum atomic E-state index is 12.7. The van der Waals surface area contributed by atoms with Crippen LogP contribution in [0.1, 0.15) is 51.1 Å². The molecular weight excluding hydrogens is 250 g/mol. The molecular formula is C17H25NO2. The van der Waals surface area contributed by atoms with Crippen LogP contribution in [0.5, 0.6) is 0 Å². The van der Waals surface area contributed by atoms with Gasteiger partial charge in [-0.05, 0) is 32.3 Å². The van der Waals surface area contributed by atoms with Crippen molar-refractivity contribution in [1.29, 1.82) is 0 Å². The van der Waals surface area contributed by atoms with E-state index in [1.54, 1.807) is 7.11 Å². The average molecular weight is 275 g/mol. The second kappa shape index (κ2) is 6.89. The third-order valence-corrected chi connectivity index (χ3v) is 4.37. The summed E-state index contributed by atoms with van der Waals surface area (Å²) in [5.74, 6) is 0.107. The Kier molecular flexibility index (Phi) is 5.18. The van der Waals surface area contributed by atoms with Gasteiger partial charge in [-0.15, -0.1) is 0 Å². The van der Waals surface area contributed by atoms with E-state index < -0.39 is 0 Å². The quantitative estimate of drug-likeness (QED) is 0.822. The lowest BCUT2D eigenvalue weighted by Crippen LogP contribution is -2.45. The Bertz CT molecular complexity index is 426. The fourth-order valence-electron chi connectivity index (χ4n) is 3.07. The minimum absolute atomic E-state index is 0.101. The molecule has 1 aliphatic carbocycles. The highest BCUT2D eigenvalue weighted by Crippen LogP contribution is 2.31. The third kappa shape index (κ3) is 3.21. The Morgan fingerprint density at radius 2 is 1.80 bits per heavy atom. The molecule has 1 aromatic rings. The molecule has 0 radical (unpaired) electrons. The first-order chi connectivity index (χ1) is 9.65. The van der Waals surface area contributed by atoms with Crippen LogP contribution in [0.3, 0.4) is 0 Å². The van der Waals surface area contributed by atoms with Crippen LogP contribution in [0.4, 0.5) is 0 Å². The Balaban J connectivity index is 2.23. The molecule has 1 aliphatic rings. The molecule has 0 saturated heterocycles. The lowest BCUT2D eigenvalue weighted by Gasteiger charge is -2.36. The Labute approximate surface area is 121 Å². The molecule has 3 heteroatoms. The summed E-state index contributed by atoms with van der Waals surface area (Å²) in [5, 5.41) is 0. The number of benzene rings is 1. The van der Waals surface area contributed by atoms with Gasteiger partial charge in [0.2, 0.25) is 0 Å². The predicted molar refractivity (Wildman–Crippen MR) is 80.4 cm³/mol. The van der Waals surface area contributed by atoms with E-state index in [1.807, 2.05) is 25.1 Å². The number of amides is 1. The van der Waals surface area contributed by atoms with Gasteiger partial charge in [-0.1, -0.05) is 43.2 Å². The predicted octanol–water partition coefficient (Wildman–Crippen LogP) is 3.55. The third-order valence-electron chi connectivity index (χ3n) is 4.37. The molecule has 2 atom stereocenters. The zero-order valence-corrected chi connectivity index (χ0v) is 12.7. The van der Waals surface area contributed by atoms with Gasteiger partial charge < -0.3 is 9.64 Å². The van der Waals surface area contributed by atoms with Crippen molar-refractivity contribution in [3.05, 3.63) is 35.9 Å². The fraction of sp³-hybridized carbons (Fsp3) is 0.588. The molecule has 1 amide bonds. The van der Waals surface area contributed by atoms with E-state index in [9.17, 15) is 4.79 Å². The van der Waals surface area contributed by atoms with Gasteiger partial charge >= 0.3 is 0 Å². The molecule has 0 spiro atoms. The lowest BCUT2D eigenvalue weighted by atomic mass is 10.0. The molecule has 0 heterocycles. The van der Waals surface area contributed by atoms with Crippen LogP contribution in [0.2, 0.25) is 0 Å². The van der Waals surface area contributed by atoms with Crippen molar-refractivity contribution in [2.75, 3.05) is 7.11 Å². The van der Waals surface area contributed by atoms with Gasteiger partial charge in [0, 0.05) is 13.2 Å². The molecule has 1 fully saturated rings. The minimum atomic E-state index is -0.373. The summed E-state index contributed by atoms with van der Waals surface area (Å²) < 4.78 is 5.25. The van der Waals surface area contributed by atoms with E-state index in [2.05, 4.69) is 24.0 Å². The van der Waals surface area contributed by atoms with Gasteiger partial charge in [0.1, 0.15) is 6.10 Å². The first-order valence-corrected chi connectivity index (χ1v) is 7.55. The number of nitrogens with zero attached hydrogens (tertiary/aromatic N) is 1. The molecule has 1 saturated carbocycles. The van der Waals surface area contributed by atoms with Crippen molar-refractivity contribution < 1.29 is 9.53 Å². The molecule has 1 aromatic carbocycles. The molecule has 3 nitrogen and oxygen atoms in total. The van der Waals surface area contributed by atoms with Crippen molar-refractivity contribution in [2.24, 2.45) is 0 Å². The normalized spacial score (nSPS) is 18.8. The molecule has 20 heavy (non-hydrogen) atoms. The summed E-state index contributed by atoms with van der Waals surface area (Å²) >= 11 is 0. The van der Waals surface area contributed by atoms with Gasteiger partial charge in [-0.25, -0.2) is 0 Å². The molecule has 0 unspecified atom stereocenters. The molecule has 0 aromatic heterocycles. The number of carbonyl (C=O) groups excluding carboxylic acids is 1.